The van der Waals surface area contributed by atoms with Crippen molar-refractivity contribution in [3.8, 4) is 5.75 Å². The maximum absolute atomic E-state index is 12.4. The standard InChI is InChI=1S/C18H18N2O4/c1-18(17(22)23)11-20(12-18)16(21)14-5-2-6-15(8-14)24-10-13-4-3-7-19-9-13/h2-9H,10-12H2,1H3,(H,22,23). The van der Waals surface area contributed by atoms with Gasteiger partial charge in [0.25, 0.3) is 5.91 Å². The summed E-state index contributed by atoms with van der Waals surface area (Å²) in [5, 5.41) is 9.12. The highest BCUT2D eigenvalue weighted by Crippen LogP contribution is 2.31. The number of hydrogen-bond acceptors (Lipinski definition) is 4. The summed E-state index contributed by atoms with van der Waals surface area (Å²) in [5.74, 6) is -0.466. The van der Waals surface area contributed by atoms with Crippen molar-refractivity contribution < 1.29 is 19.4 Å². The zero-order chi connectivity index (χ0) is 17.2. The molecule has 0 unspecified atom stereocenters. The fourth-order valence-electron chi connectivity index (χ4n) is 2.63. The molecule has 1 aromatic carbocycles. The van der Waals surface area contributed by atoms with Gasteiger partial charge in [0.2, 0.25) is 0 Å². The number of hydrogen-bond donors (Lipinski definition) is 1. The Kier molecular flexibility index (Phi) is 4.20. The monoisotopic (exact) mass is 326 g/mol. The SMILES string of the molecule is CC1(C(=O)O)CN(C(=O)c2cccc(OCc3cccnc3)c2)C1. The fourth-order valence-corrected chi connectivity index (χ4v) is 2.63. The van der Waals surface area contributed by atoms with E-state index in [0.717, 1.165) is 5.56 Å². The van der Waals surface area contributed by atoms with E-state index >= 15 is 0 Å². The summed E-state index contributed by atoms with van der Waals surface area (Å²) in [5.41, 5.74) is 0.588. The van der Waals surface area contributed by atoms with Crippen LogP contribution in [0.2, 0.25) is 0 Å². The average molecular weight is 326 g/mol. The molecular formula is C18H18N2O4. The molecular weight excluding hydrogens is 308 g/mol. The second-order valence-corrected chi connectivity index (χ2v) is 6.20. The van der Waals surface area contributed by atoms with Gasteiger partial charge in [0.1, 0.15) is 17.8 Å². The molecule has 124 valence electrons. The largest absolute Gasteiger partial charge is 0.489 e. The second kappa shape index (κ2) is 6.31. The van der Waals surface area contributed by atoms with Gasteiger partial charge in [-0.25, -0.2) is 0 Å². The van der Waals surface area contributed by atoms with Gasteiger partial charge in [-0.2, -0.15) is 0 Å². The maximum atomic E-state index is 12.4. The summed E-state index contributed by atoms with van der Waals surface area (Å²) < 4.78 is 5.69. The van der Waals surface area contributed by atoms with Gasteiger partial charge in [0, 0.05) is 36.6 Å². The number of carboxylic acids is 1. The maximum Gasteiger partial charge on any atom is 0.312 e. The summed E-state index contributed by atoms with van der Waals surface area (Å²) in [6, 6.07) is 10.7. The molecule has 6 nitrogen and oxygen atoms in total. The van der Waals surface area contributed by atoms with E-state index < -0.39 is 11.4 Å². The van der Waals surface area contributed by atoms with E-state index in [4.69, 9.17) is 9.84 Å². The van der Waals surface area contributed by atoms with Crippen LogP contribution < -0.4 is 4.74 Å². The number of ether oxygens (including phenoxy) is 1. The minimum atomic E-state index is -0.875. The second-order valence-electron chi connectivity index (χ2n) is 6.20. The van der Waals surface area contributed by atoms with Crippen molar-refractivity contribution in [2.75, 3.05) is 13.1 Å². The van der Waals surface area contributed by atoms with E-state index in [-0.39, 0.29) is 19.0 Å². The number of likely N-dealkylation sites (tertiary alicyclic amines) is 1. The van der Waals surface area contributed by atoms with E-state index in [1.807, 2.05) is 12.1 Å². The molecule has 0 bridgehead atoms. The quantitative estimate of drug-likeness (QED) is 0.911. The minimum absolute atomic E-state index is 0.180. The van der Waals surface area contributed by atoms with Crippen LogP contribution in [-0.4, -0.2) is 40.0 Å². The van der Waals surface area contributed by atoms with E-state index in [0.29, 0.717) is 17.9 Å². The lowest BCUT2D eigenvalue weighted by Crippen LogP contribution is -2.60. The van der Waals surface area contributed by atoms with Crippen LogP contribution in [0.4, 0.5) is 0 Å². The molecule has 2 aromatic rings. The van der Waals surface area contributed by atoms with Gasteiger partial charge in [0.05, 0.1) is 0 Å². The third-order valence-electron chi connectivity index (χ3n) is 4.09. The average Bonchev–Trinajstić information content (AvgIpc) is 2.57. The molecule has 0 radical (unpaired) electrons. The van der Waals surface area contributed by atoms with Crippen molar-refractivity contribution in [2.45, 2.75) is 13.5 Å². The number of amides is 1. The zero-order valence-corrected chi connectivity index (χ0v) is 13.3. The molecule has 1 N–H and O–H groups in total. The summed E-state index contributed by atoms with van der Waals surface area (Å²) in [4.78, 5) is 29.1. The molecule has 1 aliphatic rings. The first-order chi connectivity index (χ1) is 11.5. The molecule has 0 atom stereocenters. The Morgan fingerprint density at radius 1 is 1.29 bits per heavy atom. The normalized spacial score (nSPS) is 15.5. The molecule has 0 spiro atoms. The van der Waals surface area contributed by atoms with Crippen LogP contribution >= 0.6 is 0 Å². The number of aliphatic carboxylic acids is 1. The van der Waals surface area contributed by atoms with E-state index in [1.54, 1.807) is 43.6 Å². The van der Waals surface area contributed by atoms with Gasteiger partial charge in [-0.3, -0.25) is 14.6 Å². The Morgan fingerprint density at radius 3 is 2.75 bits per heavy atom. The third-order valence-corrected chi connectivity index (χ3v) is 4.09. The van der Waals surface area contributed by atoms with Gasteiger partial charge in [-0.15, -0.1) is 0 Å². The first-order valence-corrected chi connectivity index (χ1v) is 7.62. The first-order valence-electron chi connectivity index (χ1n) is 7.62. The first kappa shape index (κ1) is 16.0. The predicted octanol–water partition coefficient (Wildman–Crippen LogP) is 2.21. The Hall–Kier alpha value is -2.89. The van der Waals surface area contributed by atoms with Crippen LogP contribution in [0.3, 0.4) is 0 Å². The highest BCUT2D eigenvalue weighted by molar-refractivity contribution is 5.96. The summed E-state index contributed by atoms with van der Waals surface area (Å²) >= 11 is 0. The number of nitrogens with zero attached hydrogens (tertiary/aromatic N) is 2. The van der Waals surface area contributed by atoms with Gasteiger partial charge >= 0.3 is 5.97 Å². The molecule has 3 rings (SSSR count). The number of aromatic nitrogens is 1. The number of pyridine rings is 1. The molecule has 1 amide bonds. The Balaban J connectivity index is 1.63. The van der Waals surface area contributed by atoms with E-state index in [9.17, 15) is 9.59 Å². The Morgan fingerprint density at radius 2 is 2.08 bits per heavy atom. The van der Waals surface area contributed by atoms with Gasteiger partial charge < -0.3 is 14.7 Å². The number of carbonyl (C=O) groups is 2. The molecule has 1 fully saturated rings. The molecule has 6 heteroatoms. The van der Waals surface area contributed by atoms with Gasteiger partial charge in [0.15, 0.2) is 0 Å². The van der Waals surface area contributed by atoms with Crippen LogP contribution in [-0.2, 0) is 11.4 Å². The van der Waals surface area contributed by atoms with Crippen molar-refractivity contribution >= 4 is 11.9 Å². The lowest BCUT2D eigenvalue weighted by Gasteiger charge is -2.44. The topological polar surface area (TPSA) is 79.7 Å². The molecule has 0 saturated carbocycles. The third kappa shape index (κ3) is 3.22. The summed E-state index contributed by atoms with van der Waals surface area (Å²) in [7, 11) is 0. The summed E-state index contributed by atoms with van der Waals surface area (Å²) in [6.07, 6.45) is 3.42. The van der Waals surface area contributed by atoms with Crippen LogP contribution in [0, 0.1) is 5.41 Å². The molecule has 2 heterocycles. The highest BCUT2D eigenvalue weighted by Gasteiger charge is 2.47. The van der Waals surface area contributed by atoms with E-state index in [1.165, 1.54) is 4.90 Å². The van der Waals surface area contributed by atoms with Crippen LogP contribution in [0.25, 0.3) is 0 Å². The lowest BCUT2D eigenvalue weighted by atomic mass is 9.81. The fraction of sp³-hybridized carbons (Fsp3) is 0.278. The van der Waals surface area contributed by atoms with Crippen molar-refractivity contribution in [2.24, 2.45) is 5.41 Å². The van der Waals surface area contributed by atoms with Crippen LogP contribution in [0.1, 0.15) is 22.8 Å². The van der Waals surface area contributed by atoms with Crippen molar-refractivity contribution in [1.29, 1.82) is 0 Å². The smallest absolute Gasteiger partial charge is 0.312 e. The Labute approximate surface area is 139 Å². The molecule has 1 aromatic heterocycles. The Bertz CT molecular complexity index is 755. The number of carboxylic acid groups (broad SMARTS) is 1. The number of benzene rings is 1. The highest BCUT2D eigenvalue weighted by atomic mass is 16.5. The molecule has 1 aliphatic heterocycles. The van der Waals surface area contributed by atoms with Crippen molar-refractivity contribution in [1.82, 2.24) is 9.88 Å². The summed E-state index contributed by atoms with van der Waals surface area (Å²) in [6.45, 7) is 2.46. The van der Waals surface area contributed by atoms with Gasteiger partial charge in [-0.05, 0) is 31.2 Å². The molecule has 1 saturated heterocycles. The lowest BCUT2D eigenvalue weighted by molar-refractivity contribution is -0.155. The van der Waals surface area contributed by atoms with E-state index in [2.05, 4.69) is 4.98 Å². The number of rotatable bonds is 5. The zero-order valence-electron chi connectivity index (χ0n) is 13.3. The molecule has 0 aliphatic carbocycles. The molecule has 24 heavy (non-hydrogen) atoms. The van der Waals surface area contributed by atoms with Crippen molar-refractivity contribution in [3.05, 3.63) is 59.9 Å². The predicted molar refractivity (Wildman–Crippen MR) is 86.7 cm³/mol. The van der Waals surface area contributed by atoms with Crippen LogP contribution in [0.5, 0.6) is 5.75 Å². The van der Waals surface area contributed by atoms with Crippen molar-refractivity contribution in [3.63, 3.8) is 0 Å². The van der Waals surface area contributed by atoms with Crippen LogP contribution in [0.15, 0.2) is 48.8 Å². The minimum Gasteiger partial charge on any atom is -0.489 e. The van der Waals surface area contributed by atoms with Gasteiger partial charge in [-0.1, -0.05) is 12.1 Å². The number of carbonyl (C=O) groups excluding carboxylic acids is 1.